The Balaban J connectivity index is 0.00000243. The summed E-state index contributed by atoms with van der Waals surface area (Å²) in [5.41, 5.74) is 3.61. The fourth-order valence-electron chi connectivity index (χ4n) is 2.52. The molecule has 3 rings (SSSR count). The summed E-state index contributed by atoms with van der Waals surface area (Å²) in [6.07, 6.45) is 7.16. The molecule has 2 aromatic heterocycles. The summed E-state index contributed by atoms with van der Waals surface area (Å²) < 4.78 is 1.88. The number of guanidine groups is 1. The van der Waals surface area contributed by atoms with Gasteiger partial charge >= 0.3 is 0 Å². The van der Waals surface area contributed by atoms with Crippen LogP contribution in [0.1, 0.15) is 16.7 Å². The Morgan fingerprint density at radius 3 is 2.50 bits per heavy atom. The Kier molecular flexibility index (Phi) is 7.58. The van der Waals surface area contributed by atoms with E-state index in [1.54, 1.807) is 25.8 Å². The van der Waals surface area contributed by atoms with Gasteiger partial charge in [-0.05, 0) is 30.2 Å². The Morgan fingerprint density at radius 1 is 1.08 bits per heavy atom. The van der Waals surface area contributed by atoms with E-state index in [4.69, 9.17) is 0 Å². The van der Waals surface area contributed by atoms with Crippen LogP contribution < -0.4 is 10.6 Å². The first-order valence-corrected chi connectivity index (χ1v) is 8.18. The van der Waals surface area contributed by atoms with Gasteiger partial charge in [0.15, 0.2) is 5.96 Å². The van der Waals surface area contributed by atoms with Crippen LogP contribution in [-0.2, 0) is 13.1 Å². The standard InChI is InChI=1S/C19H22N6.HI/c1-15-4-3-5-16(10-15)12-23-19(20-2)24-13-17-6-7-22-18(11-17)25-9-8-21-14-25;/h3-11,14H,12-13H2,1-2H3,(H2,20,23,24);1H. The molecule has 1 aromatic carbocycles. The number of hydrogen-bond donors (Lipinski definition) is 2. The van der Waals surface area contributed by atoms with E-state index in [1.165, 1.54) is 11.1 Å². The van der Waals surface area contributed by atoms with Crippen molar-refractivity contribution in [2.24, 2.45) is 4.99 Å². The van der Waals surface area contributed by atoms with E-state index < -0.39 is 0 Å². The molecule has 0 unspecified atom stereocenters. The number of nitrogens with one attached hydrogen (secondary N) is 2. The molecule has 0 saturated carbocycles. The topological polar surface area (TPSA) is 67.1 Å². The molecule has 0 bridgehead atoms. The zero-order valence-electron chi connectivity index (χ0n) is 14.9. The zero-order chi connectivity index (χ0) is 17.5. The van der Waals surface area contributed by atoms with Crippen molar-refractivity contribution in [1.29, 1.82) is 0 Å². The first-order chi connectivity index (χ1) is 12.2. The molecule has 26 heavy (non-hydrogen) atoms. The molecule has 0 spiro atoms. The predicted molar refractivity (Wildman–Crippen MR) is 115 cm³/mol. The Bertz CT molecular complexity index is 845. The maximum atomic E-state index is 4.36. The highest BCUT2D eigenvalue weighted by Gasteiger charge is 2.02. The van der Waals surface area contributed by atoms with Gasteiger partial charge in [0.2, 0.25) is 0 Å². The molecule has 0 fully saturated rings. The number of halogens is 1. The fourth-order valence-corrected chi connectivity index (χ4v) is 2.52. The van der Waals surface area contributed by atoms with Gasteiger partial charge in [-0.15, -0.1) is 24.0 Å². The van der Waals surface area contributed by atoms with Crippen LogP contribution in [0.15, 0.2) is 66.3 Å². The van der Waals surface area contributed by atoms with E-state index >= 15 is 0 Å². The third kappa shape index (κ3) is 5.55. The molecule has 0 aliphatic carbocycles. The van der Waals surface area contributed by atoms with Crippen LogP contribution in [0.25, 0.3) is 5.82 Å². The molecule has 0 saturated heterocycles. The van der Waals surface area contributed by atoms with Crippen LogP contribution in [-0.4, -0.2) is 27.5 Å². The number of imidazole rings is 1. The molecule has 0 atom stereocenters. The van der Waals surface area contributed by atoms with Crippen LogP contribution in [0.4, 0.5) is 0 Å². The largest absolute Gasteiger partial charge is 0.352 e. The van der Waals surface area contributed by atoms with Crippen LogP contribution >= 0.6 is 24.0 Å². The van der Waals surface area contributed by atoms with Gasteiger partial charge < -0.3 is 10.6 Å². The number of nitrogens with zero attached hydrogens (tertiary/aromatic N) is 4. The summed E-state index contributed by atoms with van der Waals surface area (Å²) in [5.74, 6) is 1.61. The lowest BCUT2D eigenvalue weighted by molar-refractivity contribution is 0.806. The van der Waals surface area contributed by atoms with Crippen LogP contribution in [0.5, 0.6) is 0 Å². The zero-order valence-corrected chi connectivity index (χ0v) is 17.2. The van der Waals surface area contributed by atoms with Gasteiger partial charge in [-0.1, -0.05) is 29.8 Å². The second-order valence-corrected chi connectivity index (χ2v) is 5.76. The van der Waals surface area contributed by atoms with E-state index in [0.717, 1.165) is 23.9 Å². The molecule has 0 amide bonds. The van der Waals surface area contributed by atoms with Gasteiger partial charge in [-0.2, -0.15) is 0 Å². The molecular formula is C19H23IN6. The summed E-state index contributed by atoms with van der Waals surface area (Å²) in [6, 6.07) is 12.5. The van der Waals surface area contributed by atoms with Gasteiger partial charge in [0.1, 0.15) is 12.1 Å². The maximum absolute atomic E-state index is 4.36. The number of rotatable bonds is 5. The Labute approximate surface area is 170 Å². The first kappa shape index (κ1) is 19.9. The number of aromatic nitrogens is 3. The van der Waals surface area contributed by atoms with Gasteiger partial charge in [-0.25, -0.2) is 9.97 Å². The number of pyridine rings is 1. The smallest absolute Gasteiger partial charge is 0.191 e. The number of hydrogen-bond acceptors (Lipinski definition) is 3. The quantitative estimate of drug-likeness (QED) is 0.348. The number of benzene rings is 1. The van der Waals surface area contributed by atoms with E-state index in [-0.39, 0.29) is 24.0 Å². The monoisotopic (exact) mass is 462 g/mol. The highest BCUT2D eigenvalue weighted by molar-refractivity contribution is 14.0. The van der Waals surface area contributed by atoms with Gasteiger partial charge in [-0.3, -0.25) is 9.56 Å². The average Bonchev–Trinajstić information content (AvgIpc) is 3.17. The third-order valence-electron chi connectivity index (χ3n) is 3.80. The van der Waals surface area contributed by atoms with Crippen LogP contribution in [0.3, 0.4) is 0 Å². The minimum absolute atomic E-state index is 0. The molecular weight excluding hydrogens is 439 g/mol. The highest BCUT2D eigenvalue weighted by atomic mass is 127. The third-order valence-corrected chi connectivity index (χ3v) is 3.80. The average molecular weight is 462 g/mol. The van der Waals surface area contributed by atoms with Crippen molar-refractivity contribution in [2.45, 2.75) is 20.0 Å². The van der Waals surface area contributed by atoms with Crippen LogP contribution in [0, 0.1) is 6.92 Å². The molecule has 2 heterocycles. The fraction of sp³-hybridized carbons (Fsp3) is 0.211. The van der Waals surface area contributed by atoms with Crippen LogP contribution in [0.2, 0.25) is 0 Å². The van der Waals surface area contributed by atoms with Crippen molar-refractivity contribution >= 4 is 29.9 Å². The van der Waals surface area contributed by atoms with Crippen molar-refractivity contribution < 1.29 is 0 Å². The van der Waals surface area contributed by atoms with E-state index in [2.05, 4.69) is 56.8 Å². The van der Waals surface area contributed by atoms with Gasteiger partial charge in [0.05, 0.1) is 0 Å². The highest BCUT2D eigenvalue weighted by Crippen LogP contribution is 2.07. The maximum Gasteiger partial charge on any atom is 0.191 e. The molecule has 7 heteroatoms. The second kappa shape index (κ2) is 9.91. The minimum Gasteiger partial charge on any atom is -0.352 e. The number of aryl methyl sites for hydroxylation is 1. The summed E-state index contributed by atoms with van der Waals surface area (Å²) >= 11 is 0. The van der Waals surface area contributed by atoms with E-state index in [1.807, 2.05) is 22.9 Å². The van der Waals surface area contributed by atoms with Crippen molar-refractivity contribution in [2.75, 3.05) is 7.05 Å². The lowest BCUT2D eigenvalue weighted by Gasteiger charge is -2.13. The minimum atomic E-state index is 0. The SMILES string of the molecule is CN=C(NCc1cccc(C)c1)NCc1ccnc(-n2ccnc2)c1.I. The summed E-state index contributed by atoms with van der Waals surface area (Å²) in [7, 11) is 1.77. The van der Waals surface area contributed by atoms with Crippen molar-refractivity contribution in [3.63, 3.8) is 0 Å². The van der Waals surface area contributed by atoms with E-state index in [0.29, 0.717) is 6.54 Å². The molecule has 6 nitrogen and oxygen atoms in total. The lowest BCUT2D eigenvalue weighted by Crippen LogP contribution is -2.36. The van der Waals surface area contributed by atoms with Crippen molar-refractivity contribution in [3.05, 3.63) is 78.0 Å². The van der Waals surface area contributed by atoms with Crippen molar-refractivity contribution in [3.8, 4) is 5.82 Å². The molecule has 136 valence electrons. The van der Waals surface area contributed by atoms with E-state index in [9.17, 15) is 0 Å². The first-order valence-electron chi connectivity index (χ1n) is 8.18. The molecule has 0 aliphatic heterocycles. The van der Waals surface area contributed by atoms with Crippen molar-refractivity contribution in [1.82, 2.24) is 25.2 Å². The number of aliphatic imine (C=N–C) groups is 1. The molecule has 0 radical (unpaired) electrons. The molecule has 2 N–H and O–H groups in total. The summed E-state index contributed by atoms with van der Waals surface area (Å²) in [6.45, 7) is 3.49. The Hall–Kier alpha value is -2.42. The summed E-state index contributed by atoms with van der Waals surface area (Å²) in [4.78, 5) is 12.7. The second-order valence-electron chi connectivity index (χ2n) is 5.76. The Morgan fingerprint density at radius 2 is 1.85 bits per heavy atom. The molecule has 0 aliphatic rings. The predicted octanol–water partition coefficient (Wildman–Crippen LogP) is 3.06. The van der Waals surface area contributed by atoms with Gasteiger partial charge in [0.25, 0.3) is 0 Å². The normalized spacial score (nSPS) is 10.9. The summed E-state index contributed by atoms with van der Waals surface area (Å²) in [5, 5.41) is 6.66. The van der Waals surface area contributed by atoms with Gasteiger partial charge in [0, 0.05) is 38.7 Å². The lowest BCUT2D eigenvalue weighted by atomic mass is 10.1. The molecule has 3 aromatic rings.